The van der Waals surface area contributed by atoms with Crippen LogP contribution in [0.1, 0.15) is 18.1 Å². The number of nitrogens with one attached hydrogen (secondary N) is 1. The summed E-state index contributed by atoms with van der Waals surface area (Å²) in [7, 11) is 0. The van der Waals surface area contributed by atoms with Gasteiger partial charge < -0.3 is 10.1 Å². The molecule has 3 heteroatoms. The Labute approximate surface area is 95.1 Å². The molecule has 0 fully saturated rings. The predicted octanol–water partition coefficient (Wildman–Crippen LogP) is 2.37. The molecular formula is C13H15NO2. The quantitative estimate of drug-likeness (QED) is 0.773. The normalized spacial score (nSPS) is 13.5. The number of ether oxygens (including phenoxy) is 1. The minimum absolute atomic E-state index is 0.234. The number of rotatable bonds is 2. The number of anilines is 1. The average Bonchev–Trinajstić information content (AvgIpc) is 2.29. The highest BCUT2D eigenvalue weighted by Crippen LogP contribution is 2.27. The van der Waals surface area contributed by atoms with Crippen LogP contribution in [-0.2, 0) is 9.53 Å². The summed E-state index contributed by atoms with van der Waals surface area (Å²) in [5.74, 6) is -0.234. The van der Waals surface area contributed by atoms with Crippen molar-refractivity contribution < 1.29 is 9.53 Å². The number of aryl methyl sites for hydroxylation is 1. The van der Waals surface area contributed by atoms with Gasteiger partial charge in [0.1, 0.15) is 0 Å². The maximum absolute atomic E-state index is 11.6. The van der Waals surface area contributed by atoms with E-state index < -0.39 is 0 Å². The van der Waals surface area contributed by atoms with Crippen LogP contribution in [0.15, 0.2) is 23.8 Å². The lowest BCUT2D eigenvalue weighted by Crippen LogP contribution is -2.19. The lowest BCUT2D eigenvalue weighted by atomic mass is 10.0. The van der Waals surface area contributed by atoms with E-state index in [4.69, 9.17) is 4.74 Å². The number of para-hydroxylation sites is 1. The highest BCUT2D eigenvalue weighted by molar-refractivity contribution is 5.97. The van der Waals surface area contributed by atoms with Crippen LogP contribution in [-0.4, -0.2) is 19.1 Å². The molecule has 0 bridgehead atoms. The molecule has 84 valence electrons. The highest BCUT2D eigenvalue weighted by Gasteiger charge is 2.17. The summed E-state index contributed by atoms with van der Waals surface area (Å²) < 4.78 is 4.98. The van der Waals surface area contributed by atoms with Crippen LogP contribution in [0.2, 0.25) is 0 Å². The molecule has 0 atom stereocenters. The van der Waals surface area contributed by atoms with Crippen LogP contribution in [0.5, 0.6) is 0 Å². The van der Waals surface area contributed by atoms with Gasteiger partial charge in [-0.15, -0.1) is 0 Å². The van der Waals surface area contributed by atoms with Gasteiger partial charge in [0, 0.05) is 12.2 Å². The van der Waals surface area contributed by atoms with Crippen molar-refractivity contribution in [2.45, 2.75) is 13.8 Å². The molecule has 1 aliphatic rings. The van der Waals surface area contributed by atoms with E-state index in [0.717, 1.165) is 11.3 Å². The molecule has 0 amide bonds. The molecule has 0 unspecified atom stereocenters. The number of esters is 1. The molecule has 0 saturated heterocycles. The van der Waals surface area contributed by atoms with E-state index >= 15 is 0 Å². The summed E-state index contributed by atoms with van der Waals surface area (Å²) in [6.45, 7) is 4.81. The molecule has 0 saturated carbocycles. The number of carbonyl (C=O) groups is 1. The van der Waals surface area contributed by atoms with Crippen LogP contribution in [0.3, 0.4) is 0 Å². The lowest BCUT2D eigenvalue weighted by Gasteiger charge is -2.19. The van der Waals surface area contributed by atoms with Gasteiger partial charge in [-0.1, -0.05) is 18.2 Å². The Kier molecular flexibility index (Phi) is 2.95. The standard InChI is InChI=1S/C13H15NO2/c1-3-16-13(15)11-7-10-6-4-5-9(2)12(10)14-8-11/h4-7,14H,3,8H2,1-2H3. The van der Waals surface area contributed by atoms with E-state index in [-0.39, 0.29) is 5.97 Å². The lowest BCUT2D eigenvalue weighted by molar-refractivity contribution is -0.138. The third-order valence-electron chi connectivity index (χ3n) is 2.63. The van der Waals surface area contributed by atoms with Gasteiger partial charge in [0.25, 0.3) is 0 Å². The second-order valence-corrected chi connectivity index (χ2v) is 3.78. The molecule has 0 spiro atoms. The van der Waals surface area contributed by atoms with Crippen molar-refractivity contribution in [2.75, 3.05) is 18.5 Å². The van der Waals surface area contributed by atoms with E-state index in [2.05, 4.69) is 18.3 Å². The van der Waals surface area contributed by atoms with Crippen molar-refractivity contribution in [1.29, 1.82) is 0 Å². The Bertz CT molecular complexity index is 449. The second kappa shape index (κ2) is 4.39. The zero-order valence-corrected chi connectivity index (χ0v) is 9.54. The molecular weight excluding hydrogens is 202 g/mol. The van der Waals surface area contributed by atoms with Crippen molar-refractivity contribution >= 4 is 17.7 Å². The minimum Gasteiger partial charge on any atom is -0.463 e. The number of hydrogen-bond acceptors (Lipinski definition) is 3. The van der Waals surface area contributed by atoms with Crippen LogP contribution < -0.4 is 5.32 Å². The Balaban J connectivity index is 2.31. The largest absolute Gasteiger partial charge is 0.463 e. The zero-order valence-electron chi connectivity index (χ0n) is 9.54. The van der Waals surface area contributed by atoms with Gasteiger partial charge in [-0.3, -0.25) is 0 Å². The first-order chi connectivity index (χ1) is 7.72. The molecule has 1 N–H and O–H groups in total. The Morgan fingerprint density at radius 3 is 3.06 bits per heavy atom. The highest BCUT2D eigenvalue weighted by atomic mass is 16.5. The van der Waals surface area contributed by atoms with Gasteiger partial charge in [-0.25, -0.2) is 4.79 Å². The molecule has 2 rings (SSSR count). The first-order valence-corrected chi connectivity index (χ1v) is 5.43. The summed E-state index contributed by atoms with van der Waals surface area (Å²) in [5.41, 5.74) is 4.03. The monoisotopic (exact) mass is 217 g/mol. The molecule has 1 aromatic carbocycles. The van der Waals surface area contributed by atoms with Gasteiger partial charge in [0.2, 0.25) is 0 Å². The van der Waals surface area contributed by atoms with Gasteiger partial charge >= 0.3 is 5.97 Å². The second-order valence-electron chi connectivity index (χ2n) is 3.78. The molecule has 0 aromatic heterocycles. The summed E-state index contributed by atoms with van der Waals surface area (Å²) in [6, 6.07) is 6.03. The van der Waals surface area contributed by atoms with Crippen LogP contribution in [0.4, 0.5) is 5.69 Å². The molecule has 0 radical (unpaired) electrons. The third-order valence-corrected chi connectivity index (χ3v) is 2.63. The van der Waals surface area contributed by atoms with E-state index in [1.807, 2.05) is 25.1 Å². The van der Waals surface area contributed by atoms with Crippen molar-refractivity contribution in [2.24, 2.45) is 0 Å². The maximum Gasteiger partial charge on any atom is 0.335 e. The summed E-state index contributed by atoms with van der Waals surface area (Å²) >= 11 is 0. The summed E-state index contributed by atoms with van der Waals surface area (Å²) in [5, 5.41) is 3.25. The van der Waals surface area contributed by atoms with E-state index in [9.17, 15) is 4.79 Å². The van der Waals surface area contributed by atoms with E-state index in [1.165, 1.54) is 5.56 Å². The first kappa shape index (κ1) is 10.7. The summed E-state index contributed by atoms with van der Waals surface area (Å²) in [6.07, 6.45) is 1.90. The Morgan fingerprint density at radius 1 is 1.50 bits per heavy atom. The molecule has 1 aliphatic heterocycles. The van der Waals surface area contributed by atoms with E-state index in [0.29, 0.717) is 18.7 Å². The maximum atomic E-state index is 11.6. The van der Waals surface area contributed by atoms with Crippen LogP contribution in [0.25, 0.3) is 6.08 Å². The fourth-order valence-corrected chi connectivity index (χ4v) is 1.83. The van der Waals surface area contributed by atoms with Gasteiger partial charge in [-0.2, -0.15) is 0 Å². The first-order valence-electron chi connectivity index (χ1n) is 5.43. The predicted molar refractivity (Wildman–Crippen MR) is 64.3 cm³/mol. The van der Waals surface area contributed by atoms with Crippen LogP contribution >= 0.6 is 0 Å². The van der Waals surface area contributed by atoms with Crippen LogP contribution in [0, 0.1) is 6.92 Å². The molecule has 1 aromatic rings. The topological polar surface area (TPSA) is 38.3 Å². The number of fused-ring (bicyclic) bond motifs is 1. The number of carbonyl (C=O) groups excluding carboxylic acids is 1. The summed E-state index contributed by atoms with van der Waals surface area (Å²) in [4.78, 5) is 11.6. The fraction of sp³-hybridized carbons (Fsp3) is 0.308. The molecule has 0 aliphatic carbocycles. The Hall–Kier alpha value is -1.77. The Morgan fingerprint density at radius 2 is 2.31 bits per heavy atom. The number of hydrogen-bond donors (Lipinski definition) is 1. The zero-order chi connectivity index (χ0) is 11.5. The third kappa shape index (κ3) is 1.94. The van der Waals surface area contributed by atoms with Crippen molar-refractivity contribution in [3.63, 3.8) is 0 Å². The number of benzene rings is 1. The van der Waals surface area contributed by atoms with Gasteiger partial charge in [0.05, 0.1) is 12.2 Å². The van der Waals surface area contributed by atoms with Crippen molar-refractivity contribution in [3.05, 3.63) is 34.9 Å². The fourth-order valence-electron chi connectivity index (χ4n) is 1.83. The van der Waals surface area contributed by atoms with Gasteiger partial charge in [0.15, 0.2) is 0 Å². The molecule has 16 heavy (non-hydrogen) atoms. The minimum atomic E-state index is -0.234. The van der Waals surface area contributed by atoms with E-state index in [1.54, 1.807) is 0 Å². The SMILES string of the molecule is CCOC(=O)C1=Cc2cccc(C)c2NC1. The van der Waals surface area contributed by atoms with Crippen molar-refractivity contribution in [1.82, 2.24) is 0 Å². The molecule has 3 nitrogen and oxygen atoms in total. The smallest absolute Gasteiger partial charge is 0.335 e. The molecule has 1 heterocycles. The average molecular weight is 217 g/mol. The van der Waals surface area contributed by atoms with Crippen molar-refractivity contribution in [3.8, 4) is 0 Å². The van der Waals surface area contributed by atoms with Gasteiger partial charge in [-0.05, 0) is 31.1 Å².